The van der Waals surface area contributed by atoms with Crippen LogP contribution in [0.1, 0.15) is 31.2 Å². The molecule has 1 aromatic carbocycles. The molecule has 0 bridgehead atoms. The molecule has 88 valence electrons. The van der Waals surface area contributed by atoms with Gasteiger partial charge in [0.25, 0.3) is 0 Å². The molecule has 1 N–H and O–H groups in total. The summed E-state index contributed by atoms with van der Waals surface area (Å²) < 4.78 is 5.10. The second kappa shape index (κ2) is 3.58. The highest BCUT2D eigenvalue weighted by Crippen LogP contribution is 2.43. The molecule has 0 saturated heterocycles. The molecule has 4 heteroatoms. The fourth-order valence-electron chi connectivity index (χ4n) is 2.89. The van der Waals surface area contributed by atoms with Crippen LogP contribution in [0.5, 0.6) is 0 Å². The van der Waals surface area contributed by atoms with E-state index in [1.54, 1.807) is 6.20 Å². The van der Waals surface area contributed by atoms with Gasteiger partial charge in [0.05, 0.1) is 11.6 Å². The highest BCUT2D eigenvalue weighted by molar-refractivity contribution is 5.90. The predicted octanol–water partition coefficient (Wildman–Crippen LogP) is 2.72. The maximum absolute atomic E-state index is 11.6. The summed E-state index contributed by atoms with van der Waals surface area (Å²) in [5.74, 6) is -0.733. The first kappa shape index (κ1) is 10.3. The largest absolute Gasteiger partial charge is 0.481 e. The van der Waals surface area contributed by atoms with Crippen LogP contribution >= 0.6 is 0 Å². The van der Waals surface area contributed by atoms with E-state index in [-0.39, 0.29) is 0 Å². The van der Waals surface area contributed by atoms with Crippen molar-refractivity contribution in [2.75, 3.05) is 0 Å². The number of carboxylic acid groups (broad SMARTS) is 1. The molecule has 0 unspecified atom stereocenters. The van der Waals surface area contributed by atoms with Crippen molar-refractivity contribution >= 4 is 16.9 Å². The van der Waals surface area contributed by atoms with E-state index in [9.17, 15) is 9.90 Å². The normalized spacial score (nSPS) is 18.6. The van der Waals surface area contributed by atoms with Gasteiger partial charge >= 0.3 is 5.97 Å². The zero-order valence-corrected chi connectivity index (χ0v) is 9.35. The minimum Gasteiger partial charge on any atom is -0.481 e. The van der Waals surface area contributed by atoms with Crippen LogP contribution in [0.2, 0.25) is 0 Å². The van der Waals surface area contributed by atoms with Crippen molar-refractivity contribution in [3.05, 3.63) is 30.0 Å². The van der Waals surface area contributed by atoms with Crippen molar-refractivity contribution in [3.8, 4) is 0 Å². The van der Waals surface area contributed by atoms with Gasteiger partial charge in [0.15, 0.2) is 5.58 Å². The molecule has 1 aliphatic rings. The number of rotatable bonds is 2. The van der Waals surface area contributed by atoms with Gasteiger partial charge in [0.2, 0.25) is 0 Å². The molecule has 0 aliphatic heterocycles. The van der Waals surface area contributed by atoms with Crippen molar-refractivity contribution in [3.63, 3.8) is 0 Å². The van der Waals surface area contributed by atoms with E-state index in [0.717, 1.165) is 23.8 Å². The zero-order valence-electron chi connectivity index (χ0n) is 9.35. The van der Waals surface area contributed by atoms with Gasteiger partial charge in [-0.15, -0.1) is 0 Å². The molecule has 1 saturated carbocycles. The van der Waals surface area contributed by atoms with Gasteiger partial charge in [-0.2, -0.15) is 0 Å². The summed E-state index contributed by atoms with van der Waals surface area (Å²) in [4.78, 5) is 11.6. The van der Waals surface area contributed by atoms with Crippen LogP contribution in [0.3, 0.4) is 0 Å². The lowest BCUT2D eigenvalue weighted by atomic mass is 9.77. The van der Waals surface area contributed by atoms with Gasteiger partial charge in [0, 0.05) is 5.39 Å². The second-order valence-corrected chi connectivity index (χ2v) is 4.64. The molecule has 0 radical (unpaired) electrons. The summed E-state index contributed by atoms with van der Waals surface area (Å²) in [5.41, 5.74) is 0.765. The lowest BCUT2D eigenvalue weighted by Crippen LogP contribution is -2.32. The van der Waals surface area contributed by atoms with Crippen LogP contribution in [-0.2, 0) is 10.2 Å². The molecule has 1 aromatic heterocycles. The lowest BCUT2D eigenvalue weighted by Gasteiger charge is -2.24. The standard InChI is InChI=1S/C13H13NO3/c15-12(16)13(6-1-2-7-13)10-4-3-5-11-9(10)8-14-17-11/h3-5,8H,1-2,6-7H2,(H,15,16). The SMILES string of the molecule is O=C(O)C1(c2cccc3oncc23)CCCC1. The fraction of sp³-hybridized carbons (Fsp3) is 0.385. The highest BCUT2D eigenvalue weighted by Gasteiger charge is 2.44. The van der Waals surface area contributed by atoms with Crippen molar-refractivity contribution in [1.29, 1.82) is 0 Å². The Balaban J connectivity index is 2.25. The molecule has 4 nitrogen and oxygen atoms in total. The smallest absolute Gasteiger partial charge is 0.314 e. The van der Waals surface area contributed by atoms with Crippen LogP contribution in [0.15, 0.2) is 28.9 Å². The zero-order chi connectivity index (χ0) is 11.9. The van der Waals surface area contributed by atoms with E-state index in [2.05, 4.69) is 5.16 Å². The van der Waals surface area contributed by atoms with E-state index in [1.807, 2.05) is 18.2 Å². The average molecular weight is 231 g/mol. The third-order valence-electron chi connectivity index (χ3n) is 3.78. The summed E-state index contributed by atoms with van der Waals surface area (Å²) >= 11 is 0. The fourth-order valence-corrected chi connectivity index (χ4v) is 2.89. The Morgan fingerprint density at radius 2 is 2.12 bits per heavy atom. The summed E-state index contributed by atoms with van der Waals surface area (Å²) in [6, 6.07) is 5.54. The molecule has 1 heterocycles. The molecular formula is C13H13NO3. The first-order chi connectivity index (χ1) is 8.24. The van der Waals surface area contributed by atoms with Gasteiger partial charge < -0.3 is 9.63 Å². The molecule has 2 aromatic rings. The van der Waals surface area contributed by atoms with Gasteiger partial charge in [0.1, 0.15) is 0 Å². The second-order valence-electron chi connectivity index (χ2n) is 4.64. The van der Waals surface area contributed by atoms with E-state index < -0.39 is 11.4 Å². The minimum absolute atomic E-state index is 0.662. The molecule has 0 atom stereocenters. The Morgan fingerprint density at radius 1 is 1.35 bits per heavy atom. The molecule has 3 rings (SSSR count). The molecule has 1 fully saturated rings. The van der Waals surface area contributed by atoms with Crippen LogP contribution in [0.4, 0.5) is 0 Å². The van der Waals surface area contributed by atoms with E-state index >= 15 is 0 Å². The highest BCUT2D eigenvalue weighted by atomic mass is 16.5. The Hall–Kier alpha value is -1.84. The first-order valence-electron chi connectivity index (χ1n) is 5.81. The molecule has 0 spiro atoms. The molecule has 17 heavy (non-hydrogen) atoms. The maximum atomic E-state index is 11.6. The summed E-state index contributed by atoms with van der Waals surface area (Å²) in [6.45, 7) is 0. The third kappa shape index (κ3) is 1.37. The Morgan fingerprint density at radius 3 is 2.82 bits per heavy atom. The predicted molar refractivity (Wildman–Crippen MR) is 61.8 cm³/mol. The Bertz CT molecular complexity index is 567. The number of fused-ring (bicyclic) bond motifs is 1. The number of aromatic nitrogens is 1. The van der Waals surface area contributed by atoms with Gasteiger partial charge in [-0.1, -0.05) is 30.1 Å². The quantitative estimate of drug-likeness (QED) is 0.863. The molecule has 1 aliphatic carbocycles. The number of nitrogens with zero attached hydrogens (tertiary/aromatic N) is 1. The molecular weight excluding hydrogens is 218 g/mol. The number of carbonyl (C=O) groups is 1. The van der Waals surface area contributed by atoms with Gasteiger partial charge in [-0.3, -0.25) is 4.79 Å². The van der Waals surface area contributed by atoms with Crippen molar-refractivity contribution in [2.24, 2.45) is 0 Å². The lowest BCUT2D eigenvalue weighted by molar-refractivity contribution is -0.143. The van der Waals surface area contributed by atoms with Crippen molar-refractivity contribution in [2.45, 2.75) is 31.1 Å². The Labute approximate surface area is 98.2 Å². The number of benzene rings is 1. The number of hydrogen-bond donors (Lipinski definition) is 1. The first-order valence-corrected chi connectivity index (χ1v) is 5.81. The monoisotopic (exact) mass is 231 g/mol. The number of aliphatic carboxylic acids is 1. The van der Waals surface area contributed by atoms with Crippen molar-refractivity contribution in [1.82, 2.24) is 5.16 Å². The van der Waals surface area contributed by atoms with Crippen LogP contribution < -0.4 is 0 Å². The maximum Gasteiger partial charge on any atom is 0.314 e. The number of hydrogen-bond acceptors (Lipinski definition) is 3. The summed E-state index contributed by atoms with van der Waals surface area (Å²) in [5, 5.41) is 14.1. The Kier molecular flexibility index (Phi) is 2.18. The van der Waals surface area contributed by atoms with Crippen LogP contribution in [0.25, 0.3) is 11.0 Å². The summed E-state index contributed by atoms with van der Waals surface area (Å²) in [6.07, 6.45) is 4.95. The van der Waals surface area contributed by atoms with E-state index in [4.69, 9.17) is 4.52 Å². The number of carboxylic acids is 1. The van der Waals surface area contributed by atoms with Crippen molar-refractivity contribution < 1.29 is 14.4 Å². The van der Waals surface area contributed by atoms with Gasteiger partial charge in [-0.05, 0) is 24.5 Å². The minimum atomic E-state index is -0.745. The summed E-state index contributed by atoms with van der Waals surface area (Å²) in [7, 11) is 0. The molecule has 0 amide bonds. The van der Waals surface area contributed by atoms with Gasteiger partial charge in [-0.25, -0.2) is 0 Å². The topological polar surface area (TPSA) is 63.3 Å². The van der Waals surface area contributed by atoms with E-state index in [1.165, 1.54) is 0 Å². The van der Waals surface area contributed by atoms with E-state index in [0.29, 0.717) is 18.4 Å². The van der Waals surface area contributed by atoms with Crippen LogP contribution in [0, 0.1) is 0 Å². The van der Waals surface area contributed by atoms with Crippen LogP contribution in [-0.4, -0.2) is 16.2 Å². The average Bonchev–Trinajstić information content (AvgIpc) is 2.98. The third-order valence-corrected chi connectivity index (χ3v) is 3.78.